The van der Waals surface area contributed by atoms with Gasteiger partial charge in [0.05, 0.1) is 10.6 Å². The minimum absolute atomic E-state index is 0.276. The molecular weight excluding hydrogens is 324 g/mol. The van der Waals surface area contributed by atoms with Crippen molar-refractivity contribution in [3.05, 3.63) is 21.2 Å². The molecule has 1 rings (SSSR count). The molecule has 0 aliphatic rings. The number of pyridine rings is 1. The fourth-order valence-electron chi connectivity index (χ4n) is 1.17. The van der Waals surface area contributed by atoms with E-state index < -0.39 is 0 Å². The Labute approximate surface area is 107 Å². The van der Waals surface area contributed by atoms with Crippen molar-refractivity contribution in [1.82, 2.24) is 4.98 Å². The predicted octanol–water partition coefficient (Wildman–Crippen LogP) is 2.81. The van der Waals surface area contributed by atoms with Crippen LogP contribution in [0.4, 0.5) is 5.82 Å². The van der Waals surface area contributed by atoms with E-state index in [1.807, 2.05) is 18.0 Å². The van der Waals surface area contributed by atoms with Gasteiger partial charge in [-0.1, -0.05) is 0 Å². The van der Waals surface area contributed by atoms with Crippen LogP contribution in [0.2, 0.25) is 0 Å². The molecule has 3 nitrogen and oxygen atoms in total. The molecule has 1 aromatic heterocycles. The normalized spacial score (nSPS) is 12.6. The molecule has 0 aromatic carbocycles. The third-order valence-corrected chi connectivity index (χ3v) is 3.05. The molecule has 84 valence electrons. The van der Waals surface area contributed by atoms with Crippen LogP contribution in [-0.2, 0) is 0 Å². The minimum atomic E-state index is -0.276. The average molecular weight is 338 g/mol. The fraction of sp³-hybridized carbons (Fsp3) is 0.500. The van der Waals surface area contributed by atoms with E-state index in [4.69, 9.17) is 0 Å². The highest BCUT2D eigenvalue weighted by Crippen LogP contribution is 2.25. The van der Waals surface area contributed by atoms with Crippen molar-refractivity contribution in [2.24, 2.45) is 0 Å². The van der Waals surface area contributed by atoms with E-state index in [1.165, 1.54) is 0 Å². The Bertz CT molecular complexity index is 331. The molecule has 1 unspecified atom stereocenters. The van der Waals surface area contributed by atoms with Gasteiger partial charge in [0.1, 0.15) is 5.82 Å². The molecule has 1 aromatic rings. The van der Waals surface area contributed by atoms with E-state index in [0.29, 0.717) is 0 Å². The number of halogens is 2. The number of anilines is 1. The highest BCUT2D eigenvalue weighted by Gasteiger charge is 2.08. The molecule has 0 saturated carbocycles. The van der Waals surface area contributed by atoms with E-state index in [2.05, 4.69) is 36.8 Å². The second kappa shape index (κ2) is 5.82. The van der Waals surface area contributed by atoms with Crippen molar-refractivity contribution in [2.75, 3.05) is 18.5 Å². The number of hydrogen-bond acceptors (Lipinski definition) is 3. The first-order valence-corrected chi connectivity index (χ1v) is 6.29. The summed E-state index contributed by atoms with van der Waals surface area (Å²) in [6, 6.07) is 1.96. The van der Waals surface area contributed by atoms with E-state index in [1.54, 1.807) is 13.1 Å². The summed E-state index contributed by atoms with van der Waals surface area (Å²) in [5.41, 5.74) is 0. The van der Waals surface area contributed by atoms with Crippen molar-refractivity contribution in [3.63, 3.8) is 0 Å². The molecule has 0 spiro atoms. The minimum Gasteiger partial charge on any atom is -0.393 e. The number of rotatable bonds is 4. The van der Waals surface area contributed by atoms with Gasteiger partial charge in [0, 0.05) is 24.3 Å². The van der Waals surface area contributed by atoms with Crippen molar-refractivity contribution in [1.29, 1.82) is 0 Å². The Balaban J connectivity index is 2.69. The summed E-state index contributed by atoms with van der Waals surface area (Å²) in [5.74, 6) is 0.888. The van der Waals surface area contributed by atoms with Crippen molar-refractivity contribution in [2.45, 2.75) is 19.4 Å². The smallest absolute Gasteiger partial charge is 0.142 e. The molecule has 0 bridgehead atoms. The van der Waals surface area contributed by atoms with E-state index >= 15 is 0 Å². The van der Waals surface area contributed by atoms with Gasteiger partial charge in [0.15, 0.2) is 0 Å². The van der Waals surface area contributed by atoms with Gasteiger partial charge in [-0.05, 0) is 51.3 Å². The standard InChI is InChI=1S/C10H14Br2N2O/c1-7(15)3-4-14(2)10-9(12)5-8(11)6-13-10/h5-7,15H,3-4H2,1-2H3. The summed E-state index contributed by atoms with van der Waals surface area (Å²) in [6.07, 6.45) is 2.22. The molecule has 0 saturated heterocycles. The Hall–Kier alpha value is -0.130. The van der Waals surface area contributed by atoms with Crippen LogP contribution < -0.4 is 4.90 Å². The van der Waals surface area contributed by atoms with Crippen LogP contribution >= 0.6 is 31.9 Å². The second-order valence-corrected chi connectivity index (χ2v) is 5.29. The molecule has 1 atom stereocenters. The molecule has 1 N–H and O–H groups in total. The van der Waals surface area contributed by atoms with Crippen molar-refractivity contribution < 1.29 is 5.11 Å². The average Bonchev–Trinajstić information content (AvgIpc) is 2.14. The lowest BCUT2D eigenvalue weighted by Gasteiger charge is -2.20. The third kappa shape index (κ3) is 4.09. The van der Waals surface area contributed by atoms with Gasteiger partial charge in [-0.15, -0.1) is 0 Å². The Morgan fingerprint density at radius 1 is 1.53 bits per heavy atom. The van der Waals surface area contributed by atoms with Crippen LogP contribution in [0.15, 0.2) is 21.2 Å². The Kier molecular flexibility index (Phi) is 5.02. The maximum absolute atomic E-state index is 9.20. The van der Waals surface area contributed by atoms with E-state index in [9.17, 15) is 5.11 Å². The first-order chi connectivity index (χ1) is 7.00. The lowest BCUT2D eigenvalue weighted by atomic mass is 10.3. The van der Waals surface area contributed by atoms with E-state index in [-0.39, 0.29) is 6.10 Å². The molecular formula is C10H14Br2N2O. The van der Waals surface area contributed by atoms with Crippen molar-refractivity contribution >= 4 is 37.7 Å². The summed E-state index contributed by atoms with van der Waals surface area (Å²) in [6.45, 7) is 2.57. The summed E-state index contributed by atoms with van der Waals surface area (Å²) in [7, 11) is 1.96. The lowest BCUT2D eigenvalue weighted by molar-refractivity contribution is 0.187. The number of hydrogen-bond donors (Lipinski definition) is 1. The topological polar surface area (TPSA) is 36.4 Å². The van der Waals surface area contributed by atoms with Gasteiger partial charge in [-0.3, -0.25) is 0 Å². The molecule has 0 aliphatic heterocycles. The van der Waals surface area contributed by atoms with Crippen LogP contribution in [0.3, 0.4) is 0 Å². The molecule has 0 fully saturated rings. The zero-order chi connectivity index (χ0) is 11.4. The summed E-state index contributed by atoms with van der Waals surface area (Å²) in [5, 5.41) is 9.20. The number of aromatic nitrogens is 1. The van der Waals surface area contributed by atoms with Crippen LogP contribution in [0.25, 0.3) is 0 Å². The molecule has 0 radical (unpaired) electrons. The molecule has 15 heavy (non-hydrogen) atoms. The van der Waals surface area contributed by atoms with Crippen LogP contribution in [0, 0.1) is 0 Å². The van der Waals surface area contributed by atoms with Gasteiger partial charge >= 0.3 is 0 Å². The third-order valence-electron chi connectivity index (χ3n) is 2.03. The largest absolute Gasteiger partial charge is 0.393 e. The number of aliphatic hydroxyl groups excluding tert-OH is 1. The van der Waals surface area contributed by atoms with Crippen LogP contribution in [0.1, 0.15) is 13.3 Å². The van der Waals surface area contributed by atoms with Crippen LogP contribution in [0.5, 0.6) is 0 Å². The molecule has 1 heterocycles. The maximum atomic E-state index is 9.20. The predicted molar refractivity (Wildman–Crippen MR) is 69.2 cm³/mol. The molecule has 0 amide bonds. The Morgan fingerprint density at radius 3 is 2.73 bits per heavy atom. The van der Waals surface area contributed by atoms with Gasteiger partial charge in [-0.25, -0.2) is 4.98 Å². The second-order valence-electron chi connectivity index (χ2n) is 3.52. The summed E-state index contributed by atoms with van der Waals surface area (Å²) < 4.78 is 1.90. The van der Waals surface area contributed by atoms with Gasteiger partial charge in [-0.2, -0.15) is 0 Å². The first-order valence-electron chi connectivity index (χ1n) is 4.71. The molecule has 0 aliphatic carbocycles. The number of nitrogens with zero attached hydrogens (tertiary/aromatic N) is 2. The van der Waals surface area contributed by atoms with Gasteiger partial charge < -0.3 is 10.0 Å². The first kappa shape index (κ1) is 12.9. The van der Waals surface area contributed by atoms with E-state index in [0.717, 1.165) is 27.7 Å². The quantitative estimate of drug-likeness (QED) is 0.917. The van der Waals surface area contributed by atoms with Gasteiger partial charge in [0.2, 0.25) is 0 Å². The summed E-state index contributed by atoms with van der Waals surface area (Å²) >= 11 is 6.81. The fourth-order valence-corrected chi connectivity index (χ4v) is 2.46. The SMILES string of the molecule is CC(O)CCN(C)c1ncc(Br)cc1Br. The zero-order valence-corrected chi connectivity index (χ0v) is 11.9. The highest BCUT2D eigenvalue weighted by atomic mass is 79.9. The lowest BCUT2D eigenvalue weighted by Crippen LogP contribution is -2.23. The van der Waals surface area contributed by atoms with Crippen molar-refractivity contribution in [3.8, 4) is 0 Å². The number of aliphatic hydroxyl groups is 1. The summed E-state index contributed by atoms with van der Waals surface area (Å²) in [4.78, 5) is 6.32. The van der Waals surface area contributed by atoms with Crippen LogP contribution in [-0.4, -0.2) is 29.8 Å². The Morgan fingerprint density at radius 2 is 2.20 bits per heavy atom. The monoisotopic (exact) mass is 336 g/mol. The maximum Gasteiger partial charge on any atom is 0.142 e. The van der Waals surface area contributed by atoms with Gasteiger partial charge in [0.25, 0.3) is 0 Å². The zero-order valence-electron chi connectivity index (χ0n) is 8.74. The molecule has 5 heteroatoms. The highest BCUT2D eigenvalue weighted by molar-refractivity contribution is 9.11.